The second-order valence-corrected chi connectivity index (χ2v) is 7.17. The molecule has 2 aromatic rings. The van der Waals surface area contributed by atoms with Gasteiger partial charge in [-0.25, -0.2) is 0 Å². The number of likely N-dealkylation sites (tertiary alicyclic amines) is 1. The largest absolute Gasteiger partial charge is 0.467 e. The molecule has 0 aliphatic carbocycles. The van der Waals surface area contributed by atoms with Crippen LogP contribution in [0.25, 0.3) is 0 Å². The molecule has 1 aliphatic heterocycles. The van der Waals surface area contributed by atoms with Crippen LogP contribution in [0.5, 0.6) is 0 Å². The molecule has 0 radical (unpaired) electrons. The highest BCUT2D eigenvalue weighted by molar-refractivity contribution is 5.94. The van der Waals surface area contributed by atoms with E-state index in [1.54, 1.807) is 6.26 Å². The molecule has 0 atom stereocenters. The molecule has 6 nitrogen and oxygen atoms in total. The van der Waals surface area contributed by atoms with Crippen LogP contribution in [-0.2, 0) is 11.3 Å². The van der Waals surface area contributed by atoms with E-state index in [-0.39, 0.29) is 11.8 Å². The zero-order chi connectivity index (χ0) is 18.7. The van der Waals surface area contributed by atoms with E-state index in [4.69, 9.17) is 4.42 Å². The molecule has 3 heterocycles. The van der Waals surface area contributed by atoms with Crippen LogP contribution in [-0.4, -0.2) is 34.8 Å². The number of hydrogen-bond donors (Lipinski definition) is 2. The number of H-pyrrole nitrogens is 1. The molecule has 2 aromatic heterocycles. The van der Waals surface area contributed by atoms with Gasteiger partial charge < -0.3 is 19.6 Å². The van der Waals surface area contributed by atoms with Crippen LogP contribution in [0.2, 0.25) is 0 Å². The molecule has 0 saturated carbocycles. The summed E-state index contributed by atoms with van der Waals surface area (Å²) in [7, 11) is 0. The predicted octanol–water partition coefficient (Wildman–Crippen LogP) is 3.09. The molecule has 6 heteroatoms. The quantitative estimate of drug-likeness (QED) is 0.863. The summed E-state index contributed by atoms with van der Waals surface area (Å²) in [5.41, 5.74) is 3.94. The molecule has 0 bridgehead atoms. The molecular weight excluding hydrogens is 330 g/mol. The third-order valence-electron chi connectivity index (χ3n) is 5.44. The van der Waals surface area contributed by atoms with Crippen LogP contribution < -0.4 is 5.32 Å². The van der Waals surface area contributed by atoms with E-state index in [0.717, 1.165) is 35.4 Å². The van der Waals surface area contributed by atoms with Crippen molar-refractivity contribution in [3.8, 4) is 0 Å². The van der Waals surface area contributed by atoms with Gasteiger partial charge in [0.05, 0.1) is 12.8 Å². The van der Waals surface area contributed by atoms with Crippen molar-refractivity contribution in [3.05, 3.63) is 46.7 Å². The minimum Gasteiger partial charge on any atom is -0.467 e. The minimum absolute atomic E-state index is 0.0395. The number of carbonyl (C=O) groups excluding carboxylic acids is 2. The van der Waals surface area contributed by atoms with Crippen molar-refractivity contribution >= 4 is 11.8 Å². The monoisotopic (exact) mass is 357 g/mol. The molecule has 0 spiro atoms. The van der Waals surface area contributed by atoms with Gasteiger partial charge in [-0.2, -0.15) is 0 Å². The number of aromatic amines is 1. The predicted molar refractivity (Wildman–Crippen MR) is 98.8 cm³/mol. The van der Waals surface area contributed by atoms with E-state index in [9.17, 15) is 9.59 Å². The zero-order valence-electron chi connectivity index (χ0n) is 15.7. The van der Waals surface area contributed by atoms with Crippen molar-refractivity contribution < 1.29 is 14.0 Å². The van der Waals surface area contributed by atoms with Gasteiger partial charge in [0.15, 0.2) is 0 Å². The van der Waals surface area contributed by atoms with Crippen LogP contribution in [0.4, 0.5) is 0 Å². The van der Waals surface area contributed by atoms with Gasteiger partial charge in [0.2, 0.25) is 5.91 Å². The van der Waals surface area contributed by atoms with Crippen molar-refractivity contribution in [2.75, 3.05) is 13.1 Å². The zero-order valence-corrected chi connectivity index (χ0v) is 15.7. The Labute approximate surface area is 153 Å². The lowest BCUT2D eigenvalue weighted by Gasteiger charge is -2.31. The van der Waals surface area contributed by atoms with Gasteiger partial charge in [0.25, 0.3) is 5.91 Å². The van der Waals surface area contributed by atoms with E-state index < -0.39 is 0 Å². The molecular formula is C20H27N3O3. The number of furan rings is 1. The number of hydrogen-bond acceptors (Lipinski definition) is 3. The third-order valence-corrected chi connectivity index (χ3v) is 5.44. The lowest BCUT2D eigenvalue weighted by Crippen LogP contribution is -2.40. The van der Waals surface area contributed by atoms with E-state index in [1.165, 1.54) is 0 Å². The Balaban J connectivity index is 1.47. The number of aromatic nitrogens is 1. The van der Waals surface area contributed by atoms with Gasteiger partial charge in [0, 0.05) is 25.2 Å². The van der Waals surface area contributed by atoms with Crippen molar-refractivity contribution in [2.45, 2.75) is 46.6 Å². The summed E-state index contributed by atoms with van der Waals surface area (Å²) in [5, 5.41) is 2.89. The average molecular weight is 357 g/mol. The van der Waals surface area contributed by atoms with Crippen LogP contribution in [0, 0.1) is 26.7 Å². The topological polar surface area (TPSA) is 78.3 Å². The number of rotatable bonds is 5. The lowest BCUT2D eigenvalue weighted by atomic mass is 9.93. The summed E-state index contributed by atoms with van der Waals surface area (Å²) in [4.78, 5) is 30.0. The maximum Gasteiger partial charge on any atom is 0.270 e. The first-order valence-electron chi connectivity index (χ1n) is 9.19. The Morgan fingerprint density at radius 3 is 2.54 bits per heavy atom. The standard InChI is InChI=1S/C20H27N3O3/c1-13-14(2)19(22-15(13)3)20(25)23-8-6-16(7-9-23)11-18(24)21-12-17-5-4-10-26-17/h4-5,10,16,22H,6-9,11-12H2,1-3H3,(H,21,24). The summed E-state index contributed by atoms with van der Waals surface area (Å²) in [6.07, 6.45) is 3.82. The first-order chi connectivity index (χ1) is 12.5. The number of aryl methyl sites for hydroxylation is 1. The average Bonchev–Trinajstić information content (AvgIpc) is 3.24. The Morgan fingerprint density at radius 2 is 1.96 bits per heavy atom. The highest BCUT2D eigenvalue weighted by Gasteiger charge is 2.27. The van der Waals surface area contributed by atoms with Crippen molar-refractivity contribution in [2.24, 2.45) is 5.92 Å². The Bertz CT molecular complexity index is 769. The Kier molecular flexibility index (Phi) is 5.49. The molecule has 1 aliphatic rings. The normalized spacial score (nSPS) is 15.3. The summed E-state index contributed by atoms with van der Waals surface area (Å²) in [6, 6.07) is 3.65. The number of nitrogens with one attached hydrogen (secondary N) is 2. The van der Waals surface area contributed by atoms with Gasteiger partial charge in [-0.3, -0.25) is 9.59 Å². The van der Waals surface area contributed by atoms with Gasteiger partial charge in [0.1, 0.15) is 11.5 Å². The maximum atomic E-state index is 12.8. The van der Waals surface area contributed by atoms with Crippen LogP contribution >= 0.6 is 0 Å². The second kappa shape index (κ2) is 7.81. The highest BCUT2D eigenvalue weighted by atomic mass is 16.3. The van der Waals surface area contributed by atoms with Gasteiger partial charge in [-0.1, -0.05) is 0 Å². The number of piperidine rings is 1. The molecule has 26 heavy (non-hydrogen) atoms. The van der Waals surface area contributed by atoms with Crippen LogP contribution in [0.1, 0.15) is 52.3 Å². The van der Waals surface area contributed by atoms with Crippen LogP contribution in [0.15, 0.2) is 22.8 Å². The Morgan fingerprint density at radius 1 is 1.23 bits per heavy atom. The molecule has 3 rings (SSSR count). The van der Waals surface area contributed by atoms with Gasteiger partial charge in [-0.05, 0) is 62.8 Å². The van der Waals surface area contributed by atoms with Gasteiger partial charge >= 0.3 is 0 Å². The van der Waals surface area contributed by atoms with Crippen LogP contribution in [0.3, 0.4) is 0 Å². The van der Waals surface area contributed by atoms with E-state index in [2.05, 4.69) is 10.3 Å². The first-order valence-corrected chi connectivity index (χ1v) is 9.19. The fraction of sp³-hybridized carbons (Fsp3) is 0.500. The Hall–Kier alpha value is -2.50. The molecule has 0 unspecified atom stereocenters. The van der Waals surface area contributed by atoms with E-state index in [1.807, 2.05) is 37.8 Å². The molecule has 0 aromatic carbocycles. The number of amides is 2. The maximum absolute atomic E-state index is 12.8. The molecule has 1 fully saturated rings. The minimum atomic E-state index is 0.0395. The molecule has 2 N–H and O–H groups in total. The van der Waals surface area contributed by atoms with Crippen molar-refractivity contribution in [1.29, 1.82) is 0 Å². The third kappa shape index (κ3) is 4.00. The SMILES string of the molecule is Cc1[nH]c(C(=O)N2CCC(CC(=O)NCc3ccco3)CC2)c(C)c1C. The lowest BCUT2D eigenvalue weighted by molar-refractivity contribution is -0.122. The fourth-order valence-corrected chi connectivity index (χ4v) is 3.49. The molecule has 2 amide bonds. The van der Waals surface area contributed by atoms with Gasteiger partial charge in [-0.15, -0.1) is 0 Å². The van der Waals surface area contributed by atoms with E-state index >= 15 is 0 Å². The van der Waals surface area contributed by atoms with Crippen molar-refractivity contribution in [1.82, 2.24) is 15.2 Å². The van der Waals surface area contributed by atoms with Crippen molar-refractivity contribution in [3.63, 3.8) is 0 Å². The highest BCUT2D eigenvalue weighted by Crippen LogP contribution is 2.24. The summed E-state index contributed by atoms with van der Waals surface area (Å²) in [5.74, 6) is 1.19. The fourth-order valence-electron chi connectivity index (χ4n) is 3.49. The summed E-state index contributed by atoms with van der Waals surface area (Å²) in [6.45, 7) is 7.84. The molecule has 1 saturated heterocycles. The first kappa shape index (κ1) is 18.3. The summed E-state index contributed by atoms with van der Waals surface area (Å²) < 4.78 is 5.21. The summed E-state index contributed by atoms with van der Waals surface area (Å²) >= 11 is 0. The smallest absolute Gasteiger partial charge is 0.270 e. The molecule has 140 valence electrons. The number of carbonyl (C=O) groups is 2. The van der Waals surface area contributed by atoms with E-state index in [0.29, 0.717) is 37.7 Å². The number of nitrogens with zero attached hydrogens (tertiary/aromatic N) is 1. The second-order valence-electron chi connectivity index (χ2n) is 7.17.